The van der Waals surface area contributed by atoms with Crippen LogP contribution in [0.4, 0.5) is 0 Å². The van der Waals surface area contributed by atoms with E-state index in [-0.39, 0.29) is 11.9 Å². The van der Waals surface area contributed by atoms with Crippen molar-refractivity contribution >= 4 is 5.91 Å². The number of carbonyl (C=O) groups excluding carboxylic acids is 1. The third-order valence-corrected chi connectivity index (χ3v) is 5.40. The maximum Gasteiger partial charge on any atom is 0.251 e. The highest BCUT2D eigenvalue weighted by Gasteiger charge is 2.22. The van der Waals surface area contributed by atoms with Gasteiger partial charge in [-0.2, -0.15) is 5.10 Å². The summed E-state index contributed by atoms with van der Waals surface area (Å²) in [6.45, 7) is 6.03. The Morgan fingerprint density at radius 3 is 2.58 bits per heavy atom. The van der Waals surface area contributed by atoms with E-state index in [1.54, 1.807) is 0 Å². The Kier molecular flexibility index (Phi) is 3.91. The molecule has 1 aromatic heterocycles. The number of nitrogens with one attached hydrogen (secondary N) is 1. The highest BCUT2D eigenvalue weighted by Crippen LogP contribution is 2.36. The van der Waals surface area contributed by atoms with Crippen molar-refractivity contribution in [2.24, 2.45) is 7.05 Å². The molecule has 2 aromatic carbocycles. The molecule has 1 heterocycles. The van der Waals surface area contributed by atoms with Crippen LogP contribution in [0.25, 0.3) is 11.1 Å². The Labute approximate surface area is 153 Å². The number of fused-ring (bicyclic) bond motifs is 3. The average molecular weight is 345 g/mol. The number of carbonyl (C=O) groups is 1. The molecule has 4 heteroatoms. The van der Waals surface area contributed by atoms with Gasteiger partial charge in [-0.1, -0.05) is 30.3 Å². The molecule has 1 aliphatic carbocycles. The maximum atomic E-state index is 12.8. The van der Waals surface area contributed by atoms with Gasteiger partial charge >= 0.3 is 0 Å². The van der Waals surface area contributed by atoms with Gasteiger partial charge in [0.25, 0.3) is 5.91 Å². The highest BCUT2D eigenvalue weighted by molar-refractivity contribution is 5.96. The molecule has 0 saturated carbocycles. The lowest BCUT2D eigenvalue weighted by Gasteiger charge is -2.15. The SMILES string of the molecule is Cc1nn(C)c(C)c1[C@H](C)NC(=O)c1ccc2c(c1)Cc1ccccc1-2. The van der Waals surface area contributed by atoms with Crippen LogP contribution in [0.1, 0.15) is 51.4 Å². The first-order valence-corrected chi connectivity index (χ1v) is 8.98. The predicted molar refractivity (Wildman–Crippen MR) is 103 cm³/mol. The van der Waals surface area contributed by atoms with Crippen LogP contribution in [0.15, 0.2) is 42.5 Å². The minimum atomic E-state index is -0.0818. The van der Waals surface area contributed by atoms with Crippen LogP contribution in [-0.2, 0) is 13.5 Å². The van der Waals surface area contributed by atoms with Gasteiger partial charge in [0, 0.05) is 23.9 Å². The van der Waals surface area contributed by atoms with Gasteiger partial charge in [0.15, 0.2) is 0 Å². The van der Waals surface area contributed by atoms with Crippen molar-refractivity contribution in [3.05, 3.63) is 76.1 Å². The van der Waals surface area contributed by atoms with Crippen molar-refractivity contribution in [3.63, 3.8) is 0 Å². The van der Waals surface area contributed by atoms with Gasteiger partial charge in [0.05, 0.1) is 11.7 Å². The first-order chi connectivity index (χ1) is 12.5. The van der Waals surface area contributed by atoms with E-state index in [0.29, 0.717) is 5.56 Å². The summed E-state index contributed by atoms with van der Waals surface area (Å²) in [6, 6.07) is 14.4. The van der Waals surface area contributed by atoms with Crippen LogP contribution in [0.2, 0.25) is 0 Å². The summed E-state index contributed by atoms with van der Waals surface area (Å²) < 4.78 is 1.86. The van der Waals surface area contributed by atoms with Crippen LogP contribution in [0.3, 0.4) is 0 Å². The Balaban J connectivity index is 1.57. The summed E-state index contributed by atoms with van der Waals surface area (Å²) in [7, 11) is 1.93. The Bertz CT molecular complexity index is 1020. The number of benzene rings is 2. The zero-order valence-electron chi connectivity index (χ0n) is 15.6. The van der Waals surface area contributed by atoms with E-state index < -0.39 is 0 Å². The fraction of sp³-hybridized carbons (Fsp3) is 0.273. The van der Waals surface area contributed by atoms with Crippen molar-refractivity contribution in [2.45, 2.75) is 33.2 Å². The Hall–Kier alpha value is -2.88. The molecule has 0 saturated heterocycles. The maximum absolute atomic E-state index is 12.8. The first-order valence-electron chi connectivity index (χ1n) is 8.98. The van der Waals surface area contributed by atoms with Crippen molar-refractivity contribution in [3.8, 4) is 11.1 Å². The number of aryl methyl sites for hydroxylation is 2. The number of rotatable bonds is 3. The largest absolute Gasteiger partial charge is 0.345 e. The molecule has 0 spiro atoms. The van der Waals surface area contributed by atoms with Gasteiger partial charge in [0.2, 0.25) is 0 Å². The first kappa shape index (κ1) is 16.6. The second-order valence-electron chi connectivity index (χ2n) is 7.11. The van der Waals surface area contributed by atoms with Gasteiger partial charge in [0.1, 0.15) is 0 Å². The van der Waals surface area contributed by atoms with Gasteiger partial charge in [-0.3, -0.25) is 9.48 Å². The molecule has 4 nitrogen and oxygen atoms in total. The summed E-state index contributed by atoms with van der Waals surface area (Å²) in [5, 5.41) is 7.57. The molecule has 1 N–H and O–H groups in total. The summed E-state index contributed by atoms with van der Waals surface area (Å²) in [6.07, 6.45) is 0.892. The van der Waals surface area contributed by atoms with Crippen LogP contribution in [0.5, 0.6) is 0 Å². The standard InChI is InChI=1S/C22H23N3O/c1-13(21-14(2)24-25(4)15(21)3)23-22(26)17-9-10-20-18(12-17)11-16-7-5-6-8-19(16)20/h5-10,12-13H,11H2,1-4H3,(H,23,26)/t13-/m0/s1. The lowest BCUT2D eigenvalue weighted by atomic mass is 10.0. The van der Waals surface area contributed by atoms with Crippen molar-refractivity contribution in [1.82, 2.24) is 15.1 Å². The van der Waals surface area contributed by atoms with Crippen molar-refractivity contribution in [1.29, 1.82) is 0 Å². The fourth-order valence-electron chi connectivity index (χ4n) is 4.06. The monoisotopic (exact) mass is 345 g/mol. The molecule has 4 rings (SSSR count). The molecule has 132 valence electrons. The predicted octanol–water partition coefficient (Wildman–Crippen LogP) is 4.10. The molecule has 0 aliphatic heterocycles. The van der Waals surface area contributed by atoms with Gasteiger partial charge in [-0.15, -0.1) is 0 Å². The molecular weight excluding hydrogens is 322 g/mol. The van der Waals surface area contributed by atoms with E-state index in [0.717, 1.165) is 23.4 Å². The normalized spacial score (nSPS) is 13.2. The number of hydrogen-bond donors (Lipinski definition) is 1. The molecule has 1 atom stereocenters. The summed E-state index contributed by atoms with van der Waals surface area (Å²) >= 11 is 0. The van der Waals surface area contributed by atoms with E-state index in [2.05, 4.69) is 40.7 Å². The topological polar surface area (TPSA) is 46.9 Å². The molecule has 1 amide bonds. The average Bonchev–Trinajstić information content (AvgIpc) is 3.10. The van der Waals surface area contributed by atoms with Crippen LogP contribution in [-0.4, -0.2) is 15.7 Å². The molecule has 0 bridgehead atoms. The third kappa shape index (κ3) is 2.62. The van der Waals surface area contributed by atoms with E-state index in [1.807, 2.05) is 44.6 Å². The van der Waals surface area contributed by atoms with Crippen molar-refractivity contribution in [2.75, 3.05) is 0 Å². The molecule has 3 aromatic rings. The lowest BCUT2D eigenvalue weighted by Crippen LogP contribution is -2.27. The molecule has 0 unspecified atom stereocenters. The minimum absolute atomic E-state index is 0.0427. The van der Waals surface area contributed by atoms with E-state index in [1.165, 1.54) is 22.3 Å². The molecule has 26 heavy (non-hydrogen) atoms. The molecular formula is C22H23N3O. The zero-order chi connectivity index (χ0) is 18.4. The van der Waals surface area contributed by atoms with E-state index in [9.17, 15) is 4.79 Å². The minimum Gasteiger partial charge on any atom is -0.345 e. The smallest absolute Gasteiger partial charge is 0.251 e. The third-order valence-electron chi connectivity index (χ3n) is 5.40. The second-order valence-corrected chi connectivity index (χ2v) is 7.11. The second kappa shape index (κ2) is 6.13. The zero-order valence-corrected chi connectivity index (χ0v) is 15.6. The Morgan fingerprint density at radius 2 is 1.85 bits per heavy atom. The van der Waals surface area contributed by atoms with Crippen LogP contribution >= 0.6 is 0 Å². The number of nitrogens with zero attached hydrogens (tertiary/aromatic N) is 2. The lowest BCUT2D eigenvalue weighted by molar-refractivity contribution is 0.0939. The summed E-state index contributed by atoms with van der Waals surface area (Å²) in [4.78, 5) is 12.8. The molecule has 0 fully saturated rings. The summed E-state index contributed by atoms with van der Waals surface area (Å²) in [5.74, 6) is -0.0427. The highest BCUT2D eigenvalue weighted by atomic mass is 16.1. The van der Waals surface area contributed by atoms with E-state index >= 15 is 0 Å². The van der Waals surface area contributed by atoms with Gasteiger partial charge in [-0.25, -0.2) is 0 Å². The van der Waals surface area contributed by atoms with Gasteiger partial charge in [-0.05, 0) is 61.6 Å². The van der Waals surface area contributed by atoms with Crippen LogP contribution in [0, 0.1) is 13.8 Å². The molecule has 1 aliphatic rings. The van der Waals surface area contributed by atoms with E-state index in [4.69, 9.17) is 0 Å². The fourth-order valence-corrected chi connectivity index (χ4v) is 4.06. The molecule has 0 radical (unpaired) electrons. The quantitative estimate of drug-likeness (QED) is 0.608. The van der Waals surface area contributed by atoms with Gasteiger partial charge < -0.3 is 5.32 Å². The summed E-state index contributed by atoms with van der Waals surface area (Å²) in [5.41, 5.74) is 8.92. The van der Waals surface area contributed by atoms with Crippen LogP contribution < -0.4 is 5.32 Å². The number of amides is 1. The van der Waals surface area contributed by atoms with Crippen molar-refractivity contribution < 1.29 is 4.79 Å². The number of hydrogen-bond acceptors (Lipinski definition) is 2. The number of aromatic nitrogens is 2. The Morgan fingerprint density at radius 1 is 1.12 bits per heavy atom.